The number of amides is 1. The van der Waals surface area contributed by atoms with Gasteiger partial charge in [-0.05, 0) is 25.3 Å². The Hall–Kier alpha value is -1.93. The van der Waals surface area contributed by atoms with Gasteiger partial charge >= 0.3 is 0 Å². The third-order valence-electron chi connectivity index (χ3n) is 2.98. The number of fused-ring (bicyclic) bond motifs is 1. The summed E-state index contributed by atoms with van der Waals surface area (Å²) >= 11 is 3.00. The Morgan fingerprint density at radius 2 is 2.27 bits per heavy atom. The predicted molar refractivity (Wildman–Crippen MR) is 89.4 cm³/mol. The van der Waals surface area contributed by atoms with Crippen molar-refractivity contribution in [2.24, 2.45) is 0 Å². The summed E-state index contributed by atoms with van der Waals surface area (Å²) in [5.41, 5.74) is 0.917. The summed E-state index contributed by atoms with van der Waals surface area (Å²) in [5.74, 6) is 0.938. The smallest absolute Gasteiger partial charge is 0.235 e. The number of hydrogen-bond acceptors (Lipinski definition) is 6. The van der Waals surface area contributed by atoms with Crippen molar-refractivity contribution < 1.29 is 4.79 Å². The van der Waals surface area contributed by atoms with Crippen molar-refractivity contribution in [3.63, 3.8) is 0 Å². The highest BCUT2D eigenvalue weighted by atomic mass is 32.2. The number of nitrogens with zero attached hydrogens (tertiary/aromatic N) is 4. The third-order valence-corrected chi connectivity index (χ3v) is 5.01. The summed E-state index contributed by atoms with van der Waals surface area (Å²) in [4.78, 5) is 20.6. The Kier molecular flexibility index (Phi) is 4.39. The maximum atomic E-state index is 12.1. The summed E-state index contributed by atoms with van der Waals surface area (Å²) < 4.78 is 2.80. The fourth-order valence-electron chi connectivity index (χ4n) is 2.01. The molecule has 1 N–H and O–H groups in total. The van der Waals surface area contributed by atoms with E-state index in [9.17, 15) is 4.79 Å². The van der Waals surface area contributed by atoms with Crippen molar-refractivity contribution in [2.45, 2.75) is 24.9 Å². The molecule has 6 nitrogen and oxygen atoms in total. The SMILES string of the molecule is CC(C)n1nccc1NC(=O)CSc1ncnc2ccsc12. The molecule has 0 aliphatic heterocycles. The van der Waals surface area contributed by atoms with Crippen LogP contribution in [0, 0.1) is 0 Å². The van der Waals surface area contributed by atoms with Gasteiger partial charge in [-0.1, -0.05) is 11.8 Å². The van der Waals surface area contributed by atoms with Crippen LogP contribution in [0.4, 0.5) is 5.82 Å². The normalized spacial score (nSPS) is 11.2. The molecule has 3 heterocycles. The van der Waals surface area contributed by atoms with Gasteiger partial charge in [0, 0.05) is 12.1 Å². The number of thioether (sulfide) groups is 1. The number of carbonyl (C=O) groups is 1. The molecule has 0 saturated carbocycles. The molecule has 0 aromatic carbocycles. The first-order chi connectivity index (χ1) is 10.6. The minimum Gasteiger partial charge on any atom is -0.310 e. The molecule has 3 aromatic heterocycles. The first-order valence-corrected chi connectivity index (χ1v) is 8.66. The minimum absolute atomic E-state index is 0.0734. The molecular weight excluding hydrogens is 318 g/mol. The highest BCUT2D eigenvalue weighted by Gasteiger charge is 2.12. The van der Waals surface area contributed by atoms with Crippen molar-refractivity contribution in [3.8, 4) is 0 Å². The molecular formula is C14H15N5OS2. The van der Waals surface area contributed by atoms with Gasteiger partial charge in [0.15, 0.2) is 0 Å². The summed E-state index contributed by atoms with van der Waals surface area (Å²) in [6.07, 6.45) is 3.21. The van der Waals surface area contributed by atoms with Gasteiger partial charge in [-0.2, -0.15) is 5.10 Å². The molecule has 8 heteroatoms. The molecule has 0 aliphatic rings. The molecule has 0 fully saturated rings. The molecule has 114 valence electrons. The van der Waals surface area contributed by atoms with Crippen LogP contribution in [0.25, 0.3) is 10.2 Å². The fraction of sp³-hybridized carbons (Fsp3) is 0.286. The van der Waals surface area contributed by atoms with Crippen LogP contribution in [0.5, 0.6) is 0 Å². The van der Waals surface area contributed by atoms with Gasteiger partial charge in [0.05, 0.1) is 22.2 Å². The summed E-state index contributed by atoms with van der Waals surface area (Å²) in [5, 5.41) is 9.90. The predicted octanol–water partition coefficient (Wildman–Crippen LogP) is 3.20. The number of carbonyl (C=O) groups excluding carboxylic acids is 1. The molecule has 0 bridgehead atoms. The number of rotatable bonds is 5. The topological polar surface area (TPSA) is 72.7 Å². The van der Waals surface area contributed by atoms with E-state index in [1.165, 1.54) is 18.1 Å². The summed E-state index contributed by atoms with van der Waals surface area (Å²) in [7, 11) is 0. The Balaban J connectivity index is 1.65. The standard InChI is InChI=1S/C14H15N5OS2/c1-9(2)19-11(3-5-17-19)18-12(20)7-22-14-13-10(4-6-21-13)15-8-16-14/h3-6,8-9H,7H2,1-2H3,(H,18,20). The number of anilines is 1. The van der Waals surface area contributed by atoms with Crippen molar-refractivity contribution in [1.82, 2.24) is 19.7 Å². The zero-order valence-corrected chi connectivity index (χ0v) is 13.8. The number of nitrogens with one attached hydrogen (secondary N) is 1. The van der Waals surface area contributed by atoms with E-state index in [1.54, 1.807) is 28.3 Å². The number of hydrogen-bond donors (Lipinski definition) is 1. The number of thiophene rings is 1. The quantitative estimate of drug-likeness (QED) is 0.573. The Labute approximate surface area is 136 Å². The van der Waals surface area contributed by atoms with E-state index in [2.05, 4.69) is 20.4 Å². The van der Waals surface area contributed by atoms with E-state index in [0.29, 0.717) is 11.6 Å². The van der Waals surface area contributed by atoms with Gasteiger partial charge in [0.25, 0.3) is 0 Å². The van der Waals surface area contributed by atoms with Crippen LogP contribution in [-0.2, 0) is 4.79 Å². The second-order valence-electron chi connectivity index (χ2n) is 4.91. The van der Waals surface area contributed by atoms with Gasteiger partial charge in [0.2, 0.25) is 5.91 Å². The molecule has 0 atom stereocenters. The van der Waals surface area contributed by atoms with Crippen LogP contribution in [0.2, 0.25) is 0 Å². The monoisotopic (exact) mass is 333 g/mol. The molecule has 22 heavy (non-hydrogen) atoms. The Morgan fingerprint density at radius 3 is 3.09 bits per heavy atom. The third kappa shape index (κ3) is 3.12. The van der Waals surface area contributed by atoms with Gasteiger partial charge in [-0.15, -0.1) is 11.3 Å². The van der Waals surface area contributed by atoms with Crippen molar-refractivity contribution in [2.75, 3.05) is 11.1 Å². The van der Waals surface area contributed by atoms with E-state index in [-0.39, 0.29) is 11.9 Å². The average molecular weight is 333 g/mol. The molecule has 0 radical (unpaired) electrons. The van der Waals surface area contributed by atoms with Crippen LogP contribution in [-0.4, -0.2) is 31.4 Å². The van der Waals surface area contributed by atoms with E-state index in [1.807, 2.05) is 25.3 Å². The van der Waals surface area contributed by atoms with E-state index >= 15 is 0 Å². The zero-order valence-electron chi connectivity index (χ0n) is 12.2. The van der Waals surface area contributed by atoms with Crippen LogP contribution in [0.3, 0.4) is 0 Å². The fourth-order valence-corrected chi connectivity index (χ4v) is 3.75. The lowest BCUT2D eigenvalue weighted by Crippen LogP contribution is -2.18. The molecule has 1 amide bonds. The number of aromatic nitrogens is 4. The molecule has 3 aromatic rings. The second kappa shape index (κ2) is 6.45. The lowest BCUT2D eigenvalue weighted by molar-refractivity contribution is -0.113. The first kappa shape index (κ1) is 15.0. The van der Waals surface area contributed by atoms with Gasteiger partial charge in [-0.3, -0.25) is 4.79 Å². The molecule has 0 unspecified atom stereocenters. The second-order valence-corrected chi connectivity index (χ2v) is 6.79. The van der Waals surface area contributed by atoms with E-state index in [0.717, 1.165) is 15.2 Å². The van der Waals surface area contributed by atoms with Crippen LogP contribution in [0.1, 0.15) is 19.9 Å². The highest BCUT2D eigenvalue weighted by Crippen LogP contribution is 2.28. The van der Waals surface area contributed by atoms with Gasteiger partial charge in [-0.25, -0.2) is 14.6 Å². The zero-order chi connectivity index (χ0) is 15.5. The lowest BCUT2D eigenvalue weighted by Gasteiger charge is -2.11. The van der Waals surface area contributed by atoms with E-state index in [4.69, 9.17) is 0 Å². The Morgan fingerprint density at radius 1 is 1.41 bits per heavy atom. The summed E-state index contributed by atoms with van der Waals surface area (Å²) in [6, 6.07) is 3.95. The maximum Gasteiger partial charge on any atom is 0.235 e. The van der Waals surface area contributed by atoms with Crippen molar-refractivity contribution in [3.05, 3.63) is 30.0 Å². The van der Waals surface area contributed by atoms with Crippen LogP contribution in [0.15, 0.2) is 35.1 Å². The molecule has 0 saturated heterocycles. The van der Waals surface area contributed by atoms with Gasteiger partial charge in [0.1, 0.15) is 17.2 Å². The molecule has 3 rings (SSSR count). The minimum atomic E-state index is -0.0734. The van der Waals surface area contributed by atoms with Crippen LogP contribution < -0.4 is 5.32 Å². The van der Waals surface area contributed by atoms with Crippen LogP contribution >= 0.6 is 23.1 Å². The highest BCUT2D eigenvalue weighted by molar-refractivity contribution is 8.00. The average Bonchev–Trinajstić information content (AvgIpc) is 3.13. The summed E-state index contributed by atoms with van der Waals surface area (Å²) in [6.45, 7) is 4.04. The first-order valence-electron chi connectivity index (χ1n) is 6.79. The van der Waals surface area contributed by atoms with Crippen molar-refractivity contribution in [1.29, 1.82) is 0 Å². The molecule has 0 spiro atoms. The lowest BCUT2D eigenvalue weighted by atomic mass is 10.4. The Bertz CT molecular complexity index is 795. The molecule has 0 aliphatic carbocycles. The van der Waals surface area contributed by atoms with E-state index < -0.39 is 0 Å². The maximum absolute atomic E-state index is 12.1. The largest absolute Gasteiger partial charge is 0.310 e. The van der Waals surface area contributed by atoms with Gasteiger partial charge < -0.3 is 5.32 Å². The van der Waals surface area contributed by atoms with Crippen molar-refractivity contribution >= 4 is 45.0 Å².